The summed E-state index contributed by atoms with van der Waals surface area (Å²) in [6.07, 6.45) is -37.1. The van der Waals surface area contributed by atoms with E-state index in [0.717, 1.165) is 0 Å². The molecule has 0 aromatic rings. The molecule has 0 aromatic heterocycles. The Kier molecular flexibility index (Phi) is 14.4. The van der Waals surface area contributed by atoms with Crippen molar-refractivity contribution in [2.75, 3.05) is 33.0 Å². The monoisotopic (exact) mass is 723 g/mol. The van der Waals surface area contributed by atoms with Crippen LogP contribution in [0, 0.1) is 0 Å². The minimum Gasteiger partial charge on any atom is -0.479 e. The van der Waals surface area contributed by atoms with Gasteiger partial charge in [0, 0.05) is 6.54 Å². The van der Waals surface area contributed by atoms with Crippen LogP contribution in [0.1, 0.15) is 0 Å². The van der Waals surface area contributed by atoms with Gasteiger partial charge in [-0.05, 0) is 0 Å². The maximum atomic E-state index is 12.2. The summed E-state index contributed by atoms with van der Waals surface area (Å²) in [4.78, 5) is 12.2. The third kappa shape index (κ3) is 8.48. The van der Waals surface area contributed by atoms with Gasteiger partial charge in [0.05, 0.1) is 26.4 Å². The Morgan fingerprint density at radius 2 is 0.898 bits per heavy atom. The molecule has 23 nitrogen and oxygen atoms in total. The number of hydrogen-bond donors (Lipinski definition) is 14. The fourth-order valence-corrected chi connectivity index (χ4v) is 5.82. The molecule has 0 amide bonds. The quantitative estimate of drug-likeness (QED) is 0.0838. The van der Waals surface area contributed by atoms with Crippen LogP contribution in [0.25, 0.3) is 0 Å². The molecule has 4 heterocycles. The molecule has 286 valence electrons. The molecule has 12 unspecified atom stereocenters. The van der Waals surface area contributed by atoms with Gasteiger partial charge in [-0.1, -0.05) is 0 Å². The third-order valence-electron chi connectivity index (χ3n) is 8.55. The smallest absolute Gasteiger partial charge is 0.335 e. The second-order valence-corrected chi connectivity index (χ2v) is 11.8. The summed E-state index contributed by atoms with van der Waals surface area (Å²) in [7, 11) is 0. The molecule has 4 aliphatic rings. The zero-order chi connectivity index (χ0) is 36.3. The van der Waals surface area contributed by atoms with E-state index < -0.39 is 149 Å². The van der Waals surface area contributed by atoms with Gasteiger partial charge in [0.25, 0.3) is 0 Å². The van der Waals surface area contributed by atoms with E-state index in [1.54, 1.807) is 0 Å². The minimum atomic E-state index is -2.21. The molecule has 49 heavy (non-hydrogen) atoms. The molecule has 20 atom stereocenters. The van der Waals surface area contributed by atoms with Gasteiger partial charge in [-0.15, -0.1) is 0 Å². The lowest BCUT2D eigenvalue weighted by Crippen LogP contribution is -2.68. The van der Waals surface area contributed by atoms with Crippen LogP contribution in [0.15, 0.2) is 0 Å². The molecule has 0 bridgehead atoms. The summed E-state index contributed by atoms with van der Waals surface area (Å²) in [6, 6.07) is 0. The first-order valence-electron chi connectivity index (χ1n) is 15.3. The van der Waals surface area contributed by atoms with Crippen molar-refractivity contribution in [1.82, 2.24) is 0 Å². The molecule has 0 spiro atoms. The number of aliphatic hydroxyl groups excluding tert-OH is 12. The molecule has 4 rings (SSSR count). The van der Waals surface area contributed by atoms with Crippen LogP contribution in [0.4, 0.5) is 0 Å². The highest BCUT2D eigenvalue weighted by molar-refractivity contribution is 5.73. The van der Waals surface area contributed by atoms with E-state index in [0.29, 0.717) is 0 Å². The standard InChI is InChI=1S/C26H45NO22/c27-1-2-42-23-15(37)11(33)18(7(4-29)44-23)47-26-17(39)13(35)20(21(49-26)22(40)41)48-25-16(38)12(34)19(8(5-30)45-25)46-24-14(36)10(32)9(31)6(3-28)43-24/h6-21,23-26,28-39H,1-5,27H2,(H,40,41)/t6?,7?,8?,9-,10?,11?,12?,13?,14?,15?,16?,17?,18-,19+,20+,21?,23-,24-,25-,26-/m1/s1. The zero-order valence-corrected chi connectivity index (χ0v) is 25.6. The van der Waals surface area contributed by atoms with Gasteiger partial charge < -0.3 is 110 Å². The maximum Gasteiger partial charge on any atom is 0.335 e. The lowest BCUT2D eigenvalue weighted by molar-refractivity contribution is -0.385. The highest BCUT2D eigenvalue weighted by Gasteiger charge is 2.56. The average molecular weight is 724 g/mol. The van der Waals surface area contributed by atoms with E-state index in [2.05, 4.69) is 0 Å². The number of aliphatic hydroxyl groups is 12. The van der Waals surface area contributed by atoms with Gasteiger partial charge in [0.15, 0.2) is 31.3 Å². The normalized spacial score (nSPS) is 49.5. The summed E-state index contributed by atoms with van der Waals surface area (Å²) in [6.45, 7) is -2.64. The van der Waals surface area contributed by atoms with Gasteiger partial charge in [-0.25, -0.2) is 4.79 Å². The summed E-state index contributed by atoms with van der Waals surface area (Å²) in [5.41, 5.74) is 5.36. The fraction of sp³-hybridized carbons (Fsp3) is 0.962. The number of nitrogens with two attached hydrogens (primary N) is 1. The van der Waals surface area contributed by atoms with Gasteiger partial charge >= 0.3 is 5.97 Å². The number of ether oxygens (including phenoxy) is 8. The molecule has 15 N–H and O–H groups in total. The molecule has 23 heteroatoms. The maximum absolute atomic E-state index is 12.2. The number of carbonyl (C=O) groups is 1. The molecule has 4 aliphatic heterocycles. The lowest BCUT2D eigenvalue weighted by Gasteiger charge is -2.48. The topological polar surface area (TPSA) is 380 Å². The van der Waals surface area contributed by atoms with Crippen LogP contribution >= 0.6 is 0 Å². The molecule has 4 fully saturated rings. The van der Waals surface area contributed by atoms with Crippen LogP contribution in [-0.2, 0) is 42.7 Å². The summed E-state index contributed by atoms with van der Waals surface area (Å²) < 4.78 is 43.0. The van der Waals surface area contributed by atoms with Crippen molar-refractivity contribution in [2.24, 2.45) is 5.73 Å². The number of aliphatic carboxylic acids is 1. The highest BCUT2D eigenvalue weighted by atomic mass is 16.8. The SMILES string of the molecule is NCCO[C@@H]1OC(CO)[C@@H](O[C@@H]2OC(C(=O)O)[C@@H](O[C@H]3OC(CO)[C@H](O[C@H]4OC(CO)[C@@H](O)C(O)C4O)C(O)C3O)C(O)C2O)C(O)C1O. The second kappa shape index (κ2) is 17.4. The van der Waals surface area contributed by atoms with Gasteiger partial charge in [0.1, 0.15) is 91.6 Å². The lowest BCUT2D eigenvalue weighted by atomic mass is 9.95. The number of carboxylic acids is 1. The van der Waals surface area contributed by atoms with E-state index in [4.69, 9.17) is 43.6 Å². The highest BCUT2D eigenvalue weighted by Crippen LogP contribution is 2.34. The fourth-order valence-electron chi connectivity index (χ4n) is 5.82. The number of rotatable bonds is 13. The van der Waals surface area contributed by atoms with E-state index >= 15 is 0 Å². The predicted octanol–water partition coefficient (Wildman–Crippen LogP) is -9.67. The van der Waals surface area contributed by atoms with E-state index in [1.165, 1.54) is 0 Å². The number of carboxylic acid groups (broad SMARTS) is 1. The predicted molar refractivity (Wildman–Crippen MR) is 147 cm³/mol. The molecule has 4 saturated heterocycles. The van der Waals surface area contributed by atoms with Crippen molar-refractivity contribution in [3.8, 4) is 0 Å². The van der Waals surface area contributed by atoms with Crippen molar-refractivity contribution in [1.29, 1.82) is 0 Å². The molecule has 0 saturated carbocycles. The first-order chi connectivity index (χ1) is 23.2. The Morgan fingerprint density at radius 3 is 1.37 bits per heavy atom. The van der Waals surface area contributed by atoms with Crippen LogP contribution in [-0.4, -0.2) is 228 Å². The van der Waals surface area contributed by atoms with Crippen molar-refractivity contribution in [2.45, 2.75) is 123 Å². The zero-order valence-electron chi connectivity index (χ0n) is 25.6. The Hall–Kier alpha value is -1.37. The summed E-state index contributed by atoms with van der Waals surface area (Å²) >= 11 is 0. The van der Waals surface area contributed by atoms with Gasteiger partial charge in [0.2, 0.25) is 0 Å². The van der Waals surface area contributed by atoms with Gasteiger partial charge in [-0.2, -0.15) is 0 Å². The minimum absolute atomic E-state index is 0.0330. The van der Waals surface area contributed by atoms with E-state index in [1.807, 2.05) is 0 Å². The van der Waals surface area contributed by atoms with Crippen molar-refractivity contribution in [3.63, 3.8) is 0 Å². The Labute approximate surface area is 277 Å². The van der Waals surface area contributed by atoms with E-state index in [9.17, 15) is 71.2 Å². The second-order valence-electron chi connectivity index (χ2n) is 11.8. The first kappa shape index (κ1) is 40.4. The Morgan fingerprint density at radius 1 is 0.510 bits per heavy atom. The van der Waals surface area contributed by atoms with Crippen molar-refractivity contribution >= 4 is 5.97 Å². The first-order valence-corrected chi connectivity index (χ1v) is 15.3. The van der Waals surface area contributed by atoms with Crippen LogP contribution in [0.2, 0.25) is 0 Å². The van der Waals surface area contributed by atoms with Crippen LogP contribution in [0.5, 0.6) is 0 Å². The average Bonchev–Trinajstić information content (AvgIpc) is 3.08. The summed E-state index contributed by atoms with van der Waals surface area (Å²) in [5, 5.41) is 134. The molecular weight excluding hydrogens is 678 g/mol. The van der Waals surface area contributed by atoms with Crippen molar-refractivity contribution in [3.05, 3.63) is 0 Å². The Balaban J connectivity index is 1.45. The van der Waals surface area contributed by atoms with Crippen LogP contribution < -0.4 is 5.73 Å². The van der Waals surface area contributed by atoms with Crippen LogP contribution in [0.3, 0.4) is 0 Å². The third-order valence-corrected chi connectivity index (χ3v) is 8.55. The van der Waals surface area contributed by atoms with Crippen molar-refractivity contribution < 1.29 is 109 Å². The molecule has 0 aromatic carbocycles. The molecule has 0 aliphatic carbocycles. The van der Waals surface area contributed by atoms with Gasteiger partial charge in [-0.3, -0.25) is 0 Å². The number of hydrogen-bond acceptors (Lipinski definition) is 22. The largest absolute Gasteiger partial charge is 0.479 e. The molecule has 0 radical (unpaired) electrons. The molecular formula is C26H45NO22. The Bertz CT molecular complexity index is 1040. The summed E-state index contributed by atoms with van der Waals surface area (Å²) in [5.74, 6) is -1.80. The van der Waals surface area contributed by atoms with E-state index in [-0.39, 0.29) is 13.2 Å².